The van der Waals surface area contributed by atoms with Crippen molar-refractivity contribution in [3.8, 4) is 11.5 Å². The van der Waals surface area contributed by atoms with Gasteiger partial charge in [0.15, 0.2) is 0 Å². The molecule has 4 aromatic rings. The van der Waals surface area contributed by atoms with Crippen molar-refractivity contribution in [1.82, 2.24) is 20.5 Å². The maximum absolute atomic E-state index is 12.6. The molecule has 190 valence electrons. The number of aromatic nitrogens is 2. The van der Waals surface area contributed by atoms with E-state index >= 15 is 0 Å². The molecular weight excluding hydrogens is 478 g/mol. The molecule has 0 saturated carbocycles. The van der Waals surface area contributed by atoms with E-state index < -0.39 is 11.9 Å². The van der Waals surface area contributed by atoms with Crippen molar-refractivity contribution in [2.75, 3.05) is 27.3 Å². The number of nitrogens with zero attached hydrogens (tertiary/aromatic N) is 2. The Morgan fingerprint density at radius 1 is 0.750 bits per heavy atom. The highest BCUT2D eigenvalue weighted by atomic mass is 19.2. The van der Waals surface area contributed by atoms with Gasteiger partial charge in [0.1, 0.15) is 11.5 Å². The quantitative estimate of drug-likeness (QED) is 0.251. The number of hydrogen-bond acceptors (Lipinski definition) is 8. The lowest BCUT2D eigenvalue weighted by molar-refractivity contribution is -0.167. The zero-order valence-electron chi connectivity index (χ0n) is 19.5. The van der Waals surface area contributed by atoms with E-state index in [1.54, 1.807) is 47.5 Å². The predicted octanol–water partition coefficient (Wildman–Crippen LogP) is 2.26. The highest BCUT2D eigenvalue weighted by Crippen LogP contribution is 2.27. The van der Waals surface area contributed by atoms with Gasteiger partial charge < -0.3 is 19.1 Å². The molecule has 0 fully saturated rings. The van der Waals surface area contributed by atoms with Crippen molar-refractivity contribution in [1.29, 1.82) is 0 Å². The number of halogens is 2. The molecule has 12 heteroatoms. The molecule has 2 aromatic heterocycles. The average Bonchev–Trinajstić information content (AvgIpc) is 3.42. The van der Waals surface area contributed by atoms with E-state index in [0.29, 0.717) is 57.3 Å². The van der Waals surface area contributed by atoms with Crippen LogP contribution in [0.4, 0.5) is 8.96 Å². The van der Waals surface area contributed by atoms with Crippen LogP contribution >= 0.6 is 0 Å². The molecule has 10 nitrogen and oxygen atoms in total. The number of carbonyl (C=O) groups is 2. The molecule has 0 aliphatic heterocycles. The highest BCUT2D eigenvalue weighted by molar-refractivity contribution is 6.30. The van der Waals surface area contributed by atoms with Crippen LogP contribution in [0.2, 0.25) is 0 Å². The lowest BCUT2D eigenvalue weighted by atomic mass is 10.1. The van der Waals surface area contributed by atoms with Crippen LogP contribution in [0.3, 0.4) is 0 Å². The topological polar surface area (TPSA) is 105 Å². The summed E-state index contributed by atoms with van der Waals surface area (Å²) in [5, 5.41) is 1.34. The first-order valence-corrected chi connectivity index (χ1v) is 11.0. The van der Waals surface area contributed by atoms with Crippen LogP contribution < -0.4 is 30.2 Å². The standard InChI is InChI=1S/C24H24F2N4O6/c1-33-17-3-5-21-19(11-17)15(7-9-27-25)13-29(21)35-23(31)24(32)36-30-14-16(8-10-28-26)20-12-18(34-2)4-6-22(20)30/h3-6,11-14,27-28H,7-10H2,1-2H3. The Labute approximate surface area is 204 Å². The molecule has 0 spiro atoms. The molecule has 0 radical (unpaired) electrons. The van der Waals surface area contributed by atoms with Gasteiger partial charge in [-0.1, -0.05) is 0 Å². The van der Waals surface area contributed by atoms with Crippen molar-refractivity contribution in [2.45, 2.75) is 12.8 Å². The van der Waals surface area contributed by atoms with Crippen molar-refractivity contribution in [2.24, 2.45) is 0 Å². The number of benzene rings is 2. The molecule has 0 aliphatic carbocycles. The maximum atomic E-state index is 12.6. The number of ether oxygens (including phenoxy) is 2. The summed E-state index contributed by atoms with van der Waals surface area (Å²) in [5.41, 5.74) is 5.47. The Kier molecular flexibility index (Phi) is 7.66. The number of fused-ring (bicyclic) bond motifs is 2. The Bertz CT molecular complexity index is 1290. The first kappa shape index (κ1) is 24.9. The first-order valence-electron chi connectivity index (χ1n) is 11.0. The Morgan fingerprint density at radius 3 is 1.53 bits per heavy atom. The van der Waals surface area contributed by atoms with Crippen LogP contribution in [-0.2, 0) is 22.4 Å². The van der Waals surface area contributed by atoms with Crippen LogP contribution in [0.15, 0.2) is 48.8 Å². The number of methoxy groups -OCH3 is 2. The van der Waals surface area contributed by atoms with Gasteiger partial charge in [0, 0.05) is 36.3 Å². The van der Waals surface area contributed by atoms with Gasteiger partial charge in [0.05, 0.1) is 25.3 Å². The molecule has 36 heavy (non-hydrogen) atoms. The Balaban J connectivity index is 1.58. The van der Waals surface area contributed by atoms with Crippen LogP contribution in [0, 0.1) is 0 Å². The lowest BCUT2D eigenvalue weighted by Crippen LogP contribution is -2.34. The van der Waals surface area contributed by atoms with E-state index in [2.05, 4.69) is 0 Å². The summed E-state index contributed by atoms with van der Waals surface area (Å²) in [7, 11) is 3.02. The minimum Gasteiger partial charge on any atom is -0.497 e. The third kappa shape index (κ3) is 5.09. The second-order valence-corrected chi connectivity index (χ2v) is 7.75. The van der Waals surface area contributed by atoms with E-state index in [0.717, 1.165) is 9.46 Å². The van der Waals surface area contributed by atoms with Gasteiger partial charge >= 0.3 is 11.9 Å². The number of carbonyl (C=O) groups excluding carboxylic acids is 2. The molecule has 0 saturated heterocycles. The summed E-state index contributed by atoms with van der Waals surface area (Å²) in [4.78, 5) is 35.8. The summed E-state index contributed by atoms with van der Waals surface area (Å²) in [6.45, 7) is 0.0795. The van der Waals surface area contributed by atoms with Crippen molar-refractivity contribution < 1.29 is 37.7 Å². The van der Waals surface area contributed by atoms with Gasteiger partial charge in [-0.25, -0.2) is 9.59 Å². The number of rotatable bonds is 10. The van der Waals surface area contributed by atoms with E-state index in [1.165, 1.54) is 26.6 Å². The summed E-state index contributed by atoms with van der Waals surface area (Å²) in [6, 6.07) is 10.1. The molecule has 0 unspecified atom stereocenters. The van der Waals surface area contributed by atoms with E-state index in [4.69, 9.17) is 19.1 Å². The molecule has 0 bridgehead atoms. The van der Waals surface area contributed by atoms with Gasteiger partial charge in [-0.05, 0) is 60.4 Å². The first-order chi connectivity index (χ1) is 17.5. The average molecular weight is 502 g/mol. The third-order valence-electron chi connectivity index (χ3n) is 5.63. The number of nitrogens with one attached hydrogen (secondary N) is 2. The Morgan fingerprint density at radius 2 is 1.17 bits per heavy atom. The van der Waals surface area contributed by atoms with Crippen molar-refractivity contribution >= 4 is 33.7 Å². The van der Waals surface area contributed by atoms with Crippen LogP contribution in [0.5, 0.6) is 11.5 Å². The van der Waals surface area contributed by atoms with E-state index in [9.17, 15) is 18.6 Å². The van der Waals surface area contributed by atoms with Crippen LogP contribution in [-0.4, -0.2) is 48.7 Å². The van der Waals surface area contributed by atoms with Crippen molar-refractivity contribution in [3.05, 3.63) is 59.9 Å². The molecule has 4 rings (SSSR count). The second-order valence-electron chi connectivity index (χ2n) is 7.75. The van der Waals surface area contributed by atoms with Crippen LogP contribution in [0.25, 0.3) is 21.8 Å². The third-order valence-corrected chi connectivity index (χ3v) is 5.63. The fourth-order valence-electron chi connectivity index (χ4n) is 3.91. The van der Waals surface area contributed by atoms with Gasteiger partial charge in [0.25, 0.3) is 0 Å². The largest absolute Gasteiger partial charge is 0.497 e. The zero-order chi connectivity index (χ0) is 25.7. The van der Waals surface area contributed by atoms with Gasteiger partial charge in [0.2, 0.25) is 0 Å². The van der Waals surface area contributed by atoms with E-state index in [-0.39, 0.29) is 13.1 Å². The highest BCUT2D eigenvalue weighted by Gasteiger charge is 2.24. The molecule has 2 N–H and O–H groups in total. The summed E-state index contributed by atoms with van der Waals surface area (Å²) < 4.78 is 37.8. The summed E-state index contributed by atoms with van der Waals surface area (Å²) in [5.74, 6) is -1.42. The fraction of sp³-hybridized carbons (Fsp3) is 0.250. The lowest BCUT2D eigenvalue weighted by Gasteiger charge is -2.08. The number of hydrogen-bond donors (Lipinski definition) is 2. The predicted molar refractivity (Wildman–Crippen MR) is 126 cm³/mol. The fourth-order valence-corrected chi connectivity index (χ4v) is 3.91. The summed E-state index contributed by atoms with van der Waals surface area (Å²) >= 11 is 0. The zero-order valence-corrected chi connectivity index (χ0v) is 19.5. The smallest absolute Gasteiger partial charge is 0.444 e. The molecule has 2 aromatic carbocycles. The second kappa shape index (κ2) is 11.1. The SMILES string of the molecule is COc1ccc2c(c1)c(CCNF)cn2OC(=O)C(=O)On1cc(CCNF)c2cc(OC)ccc21. The maximum Gasteiger partial charge on any atom is 0.444 e. The van der Waals surface area contributed by atoms with Gasteiger partial charge in [-0.2, -0.15) is 20.5 Å². The Hall–Kier alpha value is -4.16. The summed E-state index contributed by atoms with van der Waals surface area (Å²) in [6.07, 6.45) is 3.58. The minimum atomic E-state index is -1.28. The van der Waals surface area contributed by atoms with E-state index in [1.807, 2.05) is 0 Å². The molecule has 0 amide bonds. The molecule has 0 atom stereocenters. The molecule has 0 aliphatic rings. The molecule has 2 heterocycles. The normalized spacial score (nSPS) is 11.1. The van der Waals surface area contributed by atoms with Crippen LogP contribution in [0.1, 0.15) is 11.1 Å². The van der Waals surface area contributed by atoms with Crippen molar-refractivity contribution in [3.63, 3.8) is 0 Å². The van der Waals surface area contributed by atoms with Gasteiger partial charge in [-0.3, -0.25) is 0 Å². The monoisotopic (exact) mass is 502 g/mol. The minimum absolute atomic E-state index is 0.0397. The molecular formula is C24H24F2N4O6. The van der Waals surface area contributed by atoms with Gasteiger partial charge in [-0.15, -0.1) is 8.96 Å².